The third-order valence-electron chi connectivity index (χ3n) is 4.61. The molecule has 1 amide bonds. The minimum Gasteiger partial charge on any atom is -0.493 e. The molecule has 0 aliphatic rings. The summed E-state index contributed by atoms with van der Waals surface area (Å²) in [6.45, 7) is 0.515. The molecule has 2 heterocycles. The fourth-order valence-corrected chi connectivity index (χ4v) is 3.19. The van der Waals surface area contributed by atoms with Crippen molar-refractivity contribution in [3.05, 3.63) is 66.1 Å². The van der Waals surface area contributed by atoms with Crippen LogP contribution in [0.5, 0.6) is 5.75 Å². The molecule has 0 spiro atoms. The van der Waals surface area contributed by atoms with E-state index in [4.69, 9.17) is 16.3 Å². The van der Waals surface area contributed by atoms with E-state index < -0.39 is 17.5 Å². The van der Waals surface area contributed by atoms with Gasteiger partial charge < -0.3 is 15.4 Å². The first-order valence-electron chi connectivity index (χ1n) is 10.0. The second kappa shape index (κ2) is 10.2. The molecule has 0 atom stereocenters. The Morgan fingerprint density at radius 3 is 2.88 bits per heavy atom. The van der Waals surface area contributed by atoms with Gasteiger partial charge in [-0.1, -0.05) is 6.07 Å². The van der Waals surface area contributed by atoms with Crippen molar-refractivity contribution in [2.75, 3.05) is 23.1 Å². The van der Waals surface area contributed by atoms with Gasteiger partial charge in [0.05, 0.1) is 24.2 Å². The Balaban J connectivity index is 1.42. The molecule has 2 aromatic heterocycles. The number of amides is 1. The molecule has 0 bridgehead atoms. The predicted molar refractivity (Wildman–Crippen MR) is 121 cm³/mol. The minimum atomic E-state index is -1.11. The average Bonchev–Trinajstić information content (AvgIpc) is 3.23. The molecule has 2 aromatic carbocycles. The van der Waals surface area contributed by atoms with E-state index >= 15 is 0 Å². The largest absolute Gasteiger partial charge is 0.493 e. The Kier molecular flexibility index (Phi) is 6.94. The number of ether oxygens (including phenoxy) is 1. The number of nitrogens with one attached hydrogen (secondary N) is 3. The van der Waals surface area contributed by atoms with E-state index in [-0.39, 0.29) is 12.1 Å². The van der Waals surface area contributed by atoms with E-state index in [1.165, 1.54) is 18.5 Å². The van der Waals surface area contributed by atoms with Crippen LogP contribution in [0.2, 0.25) is 0 Å². The van der Waals surface area contributed by atoms with Crippen molar-refractivity contribution in [1.29, 1.82) is 0 Å². The molecule has 33 heavy (non-hydrogen) atoms. The number of carbonyl (C=O) groups is 1. The molecular formula is C22H19ClF2N6O2. The Morgan fingerprint density at radius 1 is 1.15 bits per heavy atom. The van der Waals surface area contributed by atoms with Gasteiger partial charge in [0, 0.05) is 29.1 Å². The molecule has 11 heteroatoms. The highest BCUT2D eigenvalue weighted by Gasteiger charge is 2.13. The molecule has 0 fully saturated rings. The Hall–Kier alpha value is -3.79. The lowest BCUT2D eigenvalue weighted by molar-refractivity contribution is -0.115. The molecule has 0 saturated heterocycles. The Bertz CT molecular complexity index is 1280. The van der Waals surface area contributed by atoms with Gasteiger partial charge in [0.25, 0.3) is 0 Å². The normalized spacial score (nSPS) is 10.9. The molecule has 0 radical (unpaired) electrons. The number of aromatic amines is 1. The molecule has 4 rings (SSSR count). The monoisotopic (exact) mass is 472 g/mol. The number of H-pyrrole nitrogens is 1. The predicted octanol–water partition coefficient (Wildman–Crippen LogP) is 4.56. The average molecular weight is 473 g/mol. The number of anilines is 3. The van der Waals surface area contributed by atoms with Gasteiger partial charge in [-0.3, -0.25) is 9.89 Å². The third kappa shape index (κ3) is 5.53. The summed E-state index contributed by atoms with van der Waals surface area (Å²) < 4.78 is 32.7. The number of fused-ring (bicyclic) bond motifs is 1. The SMILES string of the molecule is O=C(Cc1cc(Nc2ncnc3cc(OCCCCl)ccc23)n[nH]1)Nc1cccc(F)c1F. The van der Waals surface area contributed by atoms with Gasteiger partial charge in [0.1, 0.15) is 17.9 Å². The molecular weight excluding hydrogens is 454 g/mol. The number of carbonyl (C=O) groups excluding carboxylic acids is 1. The summed E-state index contributed by atoms with van der Waals surface area (Å²) >= 11 is 5.67. The summed E-state index contributed by atoms with van der Waals surface area (Å²) in [6, 6.07) is 10.7. The molecule has 0 unspecified atom stereocenters. The molecule has 3 N–H and O–H groups in total. The summed E-state index contributed by atoms with van der Waals surface area (Å²) in [5.41, 5.74) is 0.930. The van der Waals surface area contributed by atoms with Crippen LogP contribution in [0.1, 0.15) is 12.1 Å². The topological polar surface area (TPSA) is 105 Å². The fraction of sp³-hybridized carbons (Fsp3) is 0.182. The summed E-state index contributed by atoms with van der Waals surface area (Å²) in [4.78, 5) is 20.7. The second-order valence-electron chi connectivity index (χ2n) is 7.02. The van der Waals surface area contributed by atoms with E-state index in [0.29, 0.717) is 41.1 Å². The van der Waals surface area contributed by atoms with Crippen molar-refractivity contribution in [2.24, 2.45) is 0 Å². The van der Waals surface area contributed by atoms with Gasteiger partial charge in [-0.05, 0) is 30.7 Å². The molecule has 170 valence electrons. The maximum Gasteiger partial charge on any atom is 0.230 e. The number of alkyl halides is 1. The molecule has 0 aliphatic heterocycles. The van der Waals surface area contributed by atoms with Crippen LogP contribution in [-0.2, 0) is 11.2 Å². The summed E-state index contributed by atoms with van der Waals surface area (Å²) in [5, 5.41) is 13.1. The first-order valence-corrected chi connectivity index (χ1v) is 10.6. The van der Waals surface area contributed by atoms with Gasteiger partial charge in [0.2, 0.25) is 5.91 Å². The first kappa shape index (κ1) is 22.4. The first-order chi connectivity index (χ1) is 16.0. The number of aromatic nitrogens is 4. The van der Waals surface area contributed by atoms with Crippen LogP contribution in [0.15, 0.2) is 48.8 Å². The van der Waals surface area contributed by atoms with E-state index in [1.54, 1.807) is 6.07 Å². The lowest BCUT2D eigenvalue weighted by Gasteiger charge is -2.08. The number of benzene rings is 2. The summed E-state index contributed by atoms with van der Waals surface area (Å²) in [7, 11) is 0. The van der Waals surface area contributed by atoms with Crippen LogP contribution in [0, 0.1) is 11.6 Å². The van der Waals surface area contributed by atoms with Crippen LogP contribution in [0.3, 0.4) is 0 Å². The van der Waals surface area contributed by atoms with Crippen molar-refractivity contribution in [2.45, 2.75) is 12.8 Å². The highest BCUT2D eigenvalue weighted by Crippen LogP contribution is 2.26. The van der Waals surface area contributed by atoms with Crippen LogP contribution in [0.25, 0.3) is 10.9 Å². The minimum absolute atomic E-state index is 0.113. The zero-order chi connectivity index (χ0) is 23.2. The van der Waals surface area contributed by atoms with Crippen molar-refractivity contribution in [3.63, 3.8) is 0 Å². The van der Waals surface area contributed by atoms with Gasteiger partial charge in [-0.15, -0.1) is 11.6 Å². The van der Waals surface area contributed by atoms with Gasteiger partial charge in [-0.2, -0.15) is 5.10 Å². The van der Waals surface area contributed by atoms with E-state index in [2.05, 4.69) is 30.8 Å². The van der Waals surface area contributed by atoms with Gasteiger partial charge in [0.15, 0.2) is 17.5 Å². The highest BCUT2D eigenvalue weighted by molar-refractivity contribution is 6.17. The van der Waals surface area contributed by atoms with Crippen molar-refractivity contribution < 1.29 is 18.3 Å². The second-order valence-corrected chi connectivity index (χ2v) is 7.40. The molecule has 4 aromatic rings. The number of halogens is 3. The molecule has 0 aliphatic carbocycles. The smallest absolute Gasteiger partial charge is 0.230 e. The van der Waals surface area contributed by atoms with Crippen molar-refractivity contribution >= 4 is 45.7 Å². The maximum absolute atomic E-state index is 13.7. The van der Waals surface area contributed by atoms with Crippen LogP contribution >= 0.6 is 11.6 Å². The maximum atomic E-state index is 13.7. The summed E-state index contributed by atoms with van der Waals surface area (Å²) in [5.74, 6) is -0.510. The summed E-state index contributed by atoms with van der Waals surface area (Å²) in [6.07, 6.45) is 2.05. The zero-order valence-electron chi connectivity index (χ0n) is 17.2. The van der Waals surface area contributed by atoms with Crippen LogP contribution < -0.4 is 15.4 Å². The van der Waals surface area contributed by atoms with E-state index in [0.717, 1.165) is 17.9 Å². The molecule has 8 nitrogen and oxygen atoms in total. The van der Waals surface area contributed by atoms with Gasteiger partial charge >= 0.3 is 0 Å². The number of rotatable bonds is 9. The van der Waals surface area contributed by atoms with E-state index in [9.17, 15) is 13.6 Å². The number of hydrogen-bond donors (Lipinski definition) is 3. The lowest BCUT2D eigenvalue weighted by Crippen LogP contribution is -2.16. The quantitative estimate of drug-likeness (QED) is 0.243. The van der Waals surface area contributed by atoms with Gasteiger partial charge in [-0.25, -0.2) is 18.7 Å². The number of nitrogens with zero attached hydrogens (tertiary/aromatic N) is 3. The van der Waals surface area contributed by atoms with Crippen molar-refractivity contribution in [1.82, 2.24) is 20.2 Å². The van der Waals surface area contributed by atoms with E-state index in [1.807, 2.05) is 18.2 Å². The lowest BCUT2D eigenvalue weighted by atomic mass is 10.2. The highest BCUT2D eigenvalue weighted by atomic mass is 35.5. The Morgan fingerprint density at radius 2 is 2.03 bits per heavy atom. The Labute approximate surface area is 192 Å². The van der Waals surface area contributed by atoms with Crippen molar-refractivity contribution in [3.8, 4) is 5.75 Å². The third-order valence-corrected chi connectivity index (χ3v) is 4.88. The van der Waals surface area contributed by atoms with Crippen LogP contribution in [-0.4, -0.2) is 38.6 Å². The fourth-order valence-electron chi connectivity index (χ4n) is 3.08. The standard InChI is InChI=1S/C22H19ClF2N6O2/c23-7-2-8-33-14-5-6-15-18(11-14)26-12-27-22(15)29-19-9-13(30-31-19)10-20(32)28-17-4-1-3-16(24)21(17)25/h1,3-6,9,11-12H,2,7-8,10H2,(H,28,32)(H2,26,27,29,30,31). The molecule has 0 saturated carbocycles. The zero-order valence-corrected chi connectivity index (χ0v) is 18.0. The van der Waals surface area contributed by atoms with Crippen LogP contribution in [0.4, 0.5) is 26.1 Å². The number of hydrogen-bond acceptors (Lipinski definition) is 6.